The maximum absolute atomic E-state index is 5.54. The smallest absolute Gasteiger partial charge is 0.243 e. The third kappa shape index (κ3) is 4.58. The zero-order valence-corrected chi connectivity index (χ0v) is 16.0. The number of nitrogens with zero attached hydrogens (tertiary/aromatic N) is 4. The Morgan fingerprint density at radius 3 is 2.50 bits per heavy atom. The number of methoxy groups -OCH3 is 1. The highest BCUT2D eigenvalue weighted by Crippen LogP contribution is 2.24. The van der Waals surface area contributed by atoms with Crippen molar-refractivity contribution in [3.63, 3.8) is 0 Å². The summed E-state index contributed by atoms with van der Waals surface area (Å²) in [7, 11) is 1.72. The first kappa shape index (κ1) is 18.3. The Kier molecular flexibility index (Phi) is 5.83. The number of benzene rings is 1. The second-order valence-electron chi connectivity index (χ2n) is 6.79. The van der Waals surface area contributed by atoms with Crippen molar-refractivity contribution >= 4 is 11.7 Å². The molecule has 0 saturated carbocycles. The standard InChI is InChI=1S/C20H27N5O/c1-14-11-15(2)22-20(21-14)24-23-16(3)17-7-8-19(26-4)18(12-17)13-25-9-5-6-10-25/h7-8,11-12H,5-6,9-10,13H2,1-4H3,(H,21,22,24)/b23-16-. The van der Waals surface area contributed by atoms with Crippen LogP contribution in [0.4, 0.5) is 5.95 Å². The minimum atomic E-state index is 0.521. The predicted octanol–water partition coefficient (Wildman–Crippen LogP) is 3.53. The lowest BCUT2D eigenvalue weighted by molar-refractivity contribution is 0.321. The van der Waals surface area contributed by atoms with Crippen molar-refractivity contribution in [3.05, 3.63) is 46.8 Å². The molecule has 1 aliphatic heterocycles. The molecule has 1 aromatic heterocycles. The van der Waals surface area contributed by atoms with Gasteiger partial charge in [0.05, 0.1) is 12.8 Å². The first-order valence-electron chi connectivity index (χ1n) is 9.07. The third-order valence-corrected chi connectivity index (χ3v) is 4.60. The molecule has 1 aromatic carbocycles. The van der Waals surface area contributed by atoms with Crippen molar-refractivity contribution in [3.8, 4) is 5.75 Å². The molecular formula is C20H27N5O. The number of rotatable bonds is 6. The third-order valence-electron chi connectivity index (χ3n) is 4.60. The summed E-state index contributed by atoms with van der Waals surface area (Å²) >= 11 is 0. The molecule has 0 atom stereocenters. The van der Waals surface area contributed by atoms with Crippen molar-refractivity contribution in [2.75, 3.05) is 25.6 Å². The molecule has 0 bridgehead atoms. The lowest BCUT2D eigenvalue weighted by atomic mass is 10.1. The second kappa shape index (κ2) is 8.27. The minimum absolute atomic E-state index is 0.521. The van der Waals surface area contributed by atoms with Crippen molar-refractivity contribution in [2.45, 2.75) is 40.2 Å². The summed E-state index contributed by atoms with van der Waals surface area (Å²) in [6.45, 7) is 9.11. The number of hydrazone groups is 1. The van der Waals surface area contributed by atoms with Gasteiger partial charge >= 0.3 is 0 Å². The summed E-state index contributed by atoms with van der Waals surface area (Å²) in [5, 5.41) is 4.46. The number of ether oxygens (including phenoxy) is 1. The topological polar surface area (TPSA) is 62.6 Å². The average Bonchev–Trinajstić information content (AvgIpc) is 3.12. The number of likely N-dealkylation sites (tertiary alicyclic amines) is 1. The largest absolute Gasteiger partial charge is 0.496 e. The molecule has 0 aliphatic carbocycles. The molecule has 1 fully saturated rings. The SMILES string of the molecule is COc1ccc(/C(C)=N\Nc2nc(C)cc(C)n2)cc1CN1CCCC1. The highest BCUT2D eigenvalue weighted by Gasteiger charge is 2.15. The Hall–Kier alpha value is -2.47. The van der Waals surface area contributed by atoms with E-state index in [0.717, 1.165) is 48.0 Å². The fourth-order valence-electron chi connectivity index (χ4n) is 3.28. The van der Waals surface area contributed by atoms with Crippen LogP contribution < -0.4 is 10.2 Å². The minimum Gasteiger partial charge on any atom is -0.496 e. The highest BCUT2D eigenvalue weighted by atomic mass is 16.5. The quantitative estimate of drug-likeness (QED) is 0.636. The van der Waals surface area contributed by atoms with E-state index in [0.29, 0.717) is 5.95 Å². The van der Waals surface area contributed by atoms with E-state index in [-0.39, 0.29) is 0 Å². The van der Waals surface area contributed by atoms with Gasteiger partial charge in [0.1, 0.15) is 5.75 Å². The van der Waals surface area contributed by atoms with Crippen molar-refractivity contribution in [1.29, 1.82) is 0 Å². The van der Waals surface area contributed by atoms with Crippen LogP contribution in [0.25, 0.3) is 0 Å². The normalized spacial score (nSPS) is 15.3. The van der Waals surface area contributed by atoms with Gasteiger partial charge in [-0.2, -0.15) is 5.10 Å². The number of aryl methyl sites for hydroxylation is 2. The van der Waals surface area contributed by atoms with Crippen LogP contribution in [0.5, 0.6) is 5.75 Å². The van der Waals surface area contributed by atoms with Crippen LogP contribution in [0.15, 0.2) is 29.4 Å². The maximum Gasteiger partial charge on any atom is 0.243 e. The summed E-state index contributed by atoms with van der Waals surface area (Å²) in [5.41, 5.74) is 7.96. The molecule has 1 saturated heterocycles. The van der Waals surface area contributed by atoms with Crippen LogP contribution in [-0.4, -0.2) is 40.8 Å². The Morgan fingerprint density at radius 2 is 1.85 bits per heavy atom. The van der Waals surface area contributed by atoms with Crippen molar-refractivity contribution in [2.24, 2.45) is 5.10 Å². The molecule has 1 aliphatic rings. The van der Waals surface area contributed by atoms with Crippen LogP contribution in [0.2, 0.25) is 0 Å². The summed E-state index contributed by atoms with van der Waals surface area (Å²) in [4.78, 5) is 11.2. The highest BCUT2D eigenvalue weighted by molar-refractivity contribution is 5.99. The predicted molar refractivity (Wildman–Crippen MR) is 105 cm³/mol. The molecule has 0 amide bonds. The molecule has 138 valence electrons. The van der Waals surface area contributed by atoms with Crippen LogP contribution in [0.1, 0.15) is 42.3 Å². The monoisotopic (exact) mass is 353 g/mol. The number of nitrogens with one attached hydrogen (secondary N) is 1. The molecule has 2 aromatic rings. The van der Waals surface area contributed by atoms with E-state index in [2.05, 4.69) is 31.5 Å². The van der Waals surface area contributed by atoms with E-state index in [1.54, 1.807) is 7.11 Å². The number of anilines is 1. The van der Waals surface area contributed by atoms with Crippen molar-refractivity contribution in [1.82, 2.24) is 14.9 Å². The van der Waals surface area contributed by atoms with Gasteiger partial charge < -0.3 is 4.74 Å². The van der Waals surface area contributed by atoms with Gasteiger partial charge in [0.2, 0.25) is 5.95 Å². The van der Waals surface area contributed by atoms with Crippen LogP contribution in [0.3, 0.4) is 0 Å². The molecule has 2 heterocycles. The molecule has 0 radical (unpaired) electrons. The molecule has 0 unspecified atom stereocenters. The van der Waals surface area contributed by atoms with E-state index >= 15 is 0 Å². The van der Waals surface area contributed by atoms with E-state index in [4.69, 9.17) is 4.74 Å². The van der Waals surface area contributed by atoms with Gasteiger partial charge in [0, 0.05) is 23.5 Å². The molecule has 0 spiro atoms. The van der Waals surface area contributed by atoms with Crippen LogP contribution in [0, 0.1) is 13.8 Å². The lowest BCUT2D eigenvalue weighted by Crippen LogP contribution is -2.19. The molecular weight excluding hydrogens is 326 g/mol. The van der Waals surface area contributed by atoms with E-state index in [9.17, 15) is 0 Å². The summed E-state index contributed by atoms with van der Waals surface area (Å²) in [5.74, 6) is 1.45. The fraction of sp³-hybridized carbons (Fsp3) is 0.450. The average molecular weight is 353 g/mol. The van der Waals surface area contributed by atoms with Gasteiger partial charge in [-0.3, -0.25) is 4.90 Å². The van der Waals surface area contributed by atoms with Gasteiger partial charge in [-0.05, 0) is 76.5 Å². The molecule has 6 heteroatoms. The first-order valence-corrected chi connectivity index (χ1v) is 9.07. The van der Waals surface area contributed by atoms with E-state index in [1.165, 1.54) is 18.4 Å². The Labute approximate surface area is 155 Å². The lowest BCUT2D eigenvalue weighted by Gasteiger charge is -2.17. The number of aromatic nitrogens is 2. The van der Waals surface area contributed by atoms with E-state index in [1.807, 2.05) is 39.0 Å². The number of hydrogen-bond acceptors (Lipinski definition) is 6. The number of hydrogen-bond donors (Lipinski definition) is 1. The van der Waals surface area contributed by atoms with Gasteiger partial charge in [-0.1, -0.05) is 0 Å². The van der Waals surface area contributed by atoms with E-state index < -0.39 is 0 Å². The second-order valence-corrected chi connectivity index (χ2v) is 6.79. The van der Waals surface area contributed by atoms with Gasteiger partial charge in [-0.25, -0.2) is 15.4 Å². The zero-order valence-electron chi connectivity index (χ0n) is 16.0. The Morgan fingerprint density at radius 1 is 1.15 bits per heavy atom. The zero-order chi connectivity index (χ0) is 18.5. The molecule has 3 rings (SSSR count). The summed E-state index contributed by atoms with van der Waals surface area (Å²) < 4.78 is 5.54. The maximum atomic E-state index is 5.54. The van der Waals surface area contributed by atoms with Gasteiger partial charge in [0.15, 0.2) is 0 Å². The first-order chi connectivity index (χ1) is 12.5. The summed E-state index contributed by atoms with van der Waals surface area (Å²) in [6, 6.07) is 8.16. The molecule has 6 nitrogen and oxygen atoms in total. The molecule has 1 N–H and O–H groups in total. The fourth-order valence-corrected chi connectivity index (χ4v) is 3.28. The summed E-state index contributed by atoms with van der Waals surface area (Å²) in [6.07, 6.45) is 2.56. The van der Waals surface area contributed by atoms with Crippen LogP contribution >= 0.6 is 0 Å². The van der Waals surface area contributed by atoms with Gasteiger partial charge in [-0.15, -0.1) is 0 Å². The Balaban J connectivity index is 1.78. The molecule has 26 heavy (non-hydrogen) atoms. The van der Waals surface area contributed by atoms with Crippen molar-refractivity contribution < 1.29 is 4.74 Å². The Bertz CT molecular complexity index is 777. The van der Waals surface area contributed by atoms with Gasteiger partial charge in [0.25, 0.3) is 0 Å². The van der Waals surface area contributed by atoms with Crippen LogP contribution in [-0.2, 0) is 6.54 Å².